The maximum absolute atomic E-state index is 12.3. The molecule has 0 amide bonds. The molecule has 2 N–H and O–H groups in total. The normalized spacial score (nSPS) is 14.4. The monoisotopic (exact) mass is 337 g/mol. The molecule has 0 spiro atoms. The Hall–Kier alpha value is -2.86. The second-order valence-corrected chi connectivity index (χ2v) is 6.36. The van der Waals surface area contributed by atoms with Gasteiger partial charge in [-0.1, -0.05) is 18.2 Å². The van der Waals surface area contributed by atoms with E-state index in [0.717, 1.165) is 28.9 Å². The molecule has 0 unspecified atom stereocenters. The highest BCUT2D eigenvalue weighted by molar-refractivity contribution is 5.47. The quantitative estimate of drug-likeness (QED) is 0.768. The number of phenols is 1. The molecule has 0 saturated heterocycles. The van der Waals surface area contributed by atoms with Gasteiger partial charge >= 0.3 is 0 Å². The summed E-state index contributed by atoms with van der Waals surface area (Å²) in [7, 11) is 0. The molecule has 1 aliphatic heterocycles. The number of phenolic OH excluding ortho intramolecular Hbond substituents is 1. The van der Waals surface area contributed by atoms with Crippen molar-refractivity contribution in [3.63, 3.8) is 0 Å². The lowest BCUT2D eigenvalue weighted by molar-refractivity contribution is 0.237. The van der Waals surface area contributed by atoms with E-state index in [4.69, 9.17) is 4.42 Å². The second-order valence-electron chi connectivity index (χ2n) is 6.36. The van der Waals surface area contributed by atoms with Crippen LogP contribution in [0.2, 0.25) is 0 Å². The molecule has 3 heterocycles. The fourth-order valence-electron chi connectivity index (χ4n) is 3.25. The van der Waals surface area contributed by atoms with E-state index in [-0.39, 0.29) is 5.56 Å². The predicted molar refractivity (Wildman–Crippen MR) is 93.2 cm³/mol. The molecule has 2 aromatic heterocycles. The minimum atomic E-state index is -0.102. The fraction of sp³-hybridized carbons (Fsp3) is 0.263. The first-order valence-corrected chi connectivity index (χ1v) is 8.27. The number of furan rings is 1. The fourth-order valence-corrected chi connectivity index (χ4v) is 3.25. The molecule has 25 heavy (non-hydrogen) atoms. The van der Waals surface area contributed by atoms with Crippen LogP contribution in [0.4, 0.5) is 0 Å². The minimum absolute atomic E-state index is 0.102. The molecule has 4 rings (SSSR count). The molecule has 6 nitrogen and oxygen atoms in total. The molecule has 1 aliphatic rings. The Morgan fingerprint density at radius 3 is 3.00 bits per heavy atom. The van der Waals surface area contributed by atoms with Crippen LogP contribution in [-0.4, -0.2) is 26.5 Å². The summed E-state index contributed by atoms with van der Waals surface area (Å²) in [4.78, 5) is 21.9. The zero-order chi connectivity index (χ0) is 17.4. The summed E-state index contributed by atoms with van der Waals surface area (Å²) in [6.45, 7) is 3.84. The molecule has 0 aliphatic carbocycles. The van der Waals surface area contributed by atoms with Crippen molar-refractivity contribution in [2.24, 2.45) is 0 Å². The summed E-state index contributed by atoms with van der Waals surface area (Å²) in [6.07, 6.45) is 2.20. The van der Waals surface area contributed by atoms with Crippen molar-refractivity contribution >= 4 is 0 Å². The van der Waals surface area contributed by atoms with Crippen molar-refractivity contribution in [3.05, 3.63) is 69.3 Å². The summed E-state index contributed by atoms with van der Waals surface area (Å²) >= 11 is 0. The van der Waals surface area contributed by atoms with Gasteiger partial charge in [-0.25, -0.2) is 4.98 Å². The maximum atomic E-state index is 12.3. The number of para-hydroxylation sites is 1. The Morgan fingerprint density at radius 2 is 2.20 bits per heavy atom. The molecular formula is C19H19N3O3. The van der Waals surface area contributed by atoms with Gasteiger partial charge in [-0.3, -0.25) is 9.69 Å². The molecule has 0 radical (unpaired) electrons. The van der Waals surface area contributed by atoms with Crippen molar-refractivity contribution in [1.82, 2.24) is 14.9 Å². The number of aryl methyl sites for hydroxylation is 1. The standard InChI is InChI=1S/C19H19N3O3/c1-12-4-2-5-13(17(12)23)10-22-8-7-14-15(11-22)20-18(21-19(14)24)16-6-3-9-25-16/h2-6,9,23H,7-8,10-11H2,1H3,(H,20,21,24). The van der Waals surface area contributed by atoms with Crippen molar-refractivity contribution in [1.29, 1.82) is 0 Å². The Bertz CT molecular complexity index is 961. The SMILES string of the molecule is Cc1cccc(CN2CCc3c(nc(-c4ccco4)[nH]c3=O)C2)c1O. The van der Waals surface area contributed by atoms with Crippen LogP contribution in [0.1, 0.15) is 22.4 Å². The lowest BCUT2D eigenvalue weighted by Gasteiger charge is -2.28. The van der Waals surface area contributed by atoms with E-state index in [9.17, 15) is 9.90 Å². The number of hydrogen-bond donors (Lipinski definition) is 2. The second kappa shape index (κ2) is 6.22. The Balaban J connectivity index is 1.62. The minimum Gasteiger partial charge on any atom is -0.507 e. The van der Waals surface area contributed by atoms with Gasteiger partial charge in [-0.2, -0.15) is 0 Å². The van der Waals surface area contributed by atoms with Crippen LogP contribution >= 0.6 is 0 Å². The molecule has 0 bridgehead atoms. The molecule has 6 heteroatoms. The van der Waals surface area contributed by atoms with Crippen LogP contribution in [0.5, 0.6) is 5.75 Å². The third-order valence-corrected chi connectivity index (χ3v) is 4.62. The number of aromatic hydroxyl groups is 1. The smallest absolute Gasteiger partial charge is 0.254 e. The van der Waals surface area contributed by atoms with E-state index in [2.05, 4.69) is 14.9 Å². The summed E-state index contributed by atoms with van der Waals surface area (Å²) in [5, 5.41) is 10.2. The number of nitrogens with one attached hydrogen (secondary N) is 1. The number of fused-ring (bicyclic) bond motifs is 1. The average molecular weight is 337 g/mol. The highest BCUT2D eigenvalue weighted by Crippen LogP contribution is 2.25. The zero-order valence-electron chi connectivity index (χ0n) is 14.0. The van der Waals surface area contributed by atoms with Crippen molar-refractivity contribution in [2.45, 2.75) is 26.4 Å². The molecule has 1 aromatic carbocycles. The lowest BCUT2D eigenvalue weighted by atomic mass is 10.0. The average Bonchev–Trinajstić information content (AvgIpc) is 3.13. The molecule has 128 valence electrons. The number of aromatic nitrogens is 2. The number of nitrogens with zero attached hydrogens (tertiary/aromatic N) is 2. The van der Waals surface area contributed by atoms with E-state index in [0.29, 0.717) is 36.8 Å². The van der Waals surface area contributed by atoms with Gasteiger partial charge in [0.05, 0.1) is 12.0 Å². The largest absolute Gasteiger partial charge is 0.507 e. The number of benzene rings is 1. The van der Waals surface area contributed by atoms with Crippen LogP contribution in [0, 0.1) is 6.92 Å². The van der Waals surface area contributed by atoms with Gasteiger partial charge in [-0.15, -0.1) is 0 Å². The highest BCUT2D eigenvalue weighted by atomic mass is 16.3. The van der Waals surface area contributed by atoms with Gasteiger partial charge < -0.3 is 14.5 Å². The molecular weight excluding hydrogens is 318 g/mol. The van der Waals surface area contributed by atoms with Crippen LogP contribution in [-0.2, 0) is 19.5 Å². The van der Waals surface area contributed by atoms with E-state index in [1.807, 2.05) is 25.1 Å². The Labute approximate surface area is 144 Å². The Morgan fingerprint density at radius 1 is 1.32 bits per heavy atom. The van der Waals surface area contributed by atoms with Crippen molar-refractivity contribution < 1.29 is 9.52 Å². The Kier molecular flexibility index (Phi) is 3.89. The van der Waals surface area contributed by atoms with Gasteiger partial charge in [0.2, 0.25) is 0 Å². The van der Waals surface area contributed by atoms with Gasteiger partial charge in [0.1, 0.15) is 5.75 Å². The first kappa shape index (κ1) is 15.7. The summed E-state index contributed by atoms with van der Waals surface area (Å²) < 4.78 is 5.34. The topological polar surface area (TPSA) is 82.4 Å². The maximum Gasteiger partial charge on any atom is 0.254 e. The van der Waals surface area contributed by atoms with Gasteiger partial charge in [0, 0.05) is 30.8 Å². The van der Waals surface area contributed by atoms with Crippen molar-refractivity contribution in [2.75, 3.05) is 6.54 Å². The van der Waals surface area contributed by atoms with E-state index >= 15 is 0 Å². The van der Waals surface area contributed by atoms with Gasteiger partial charge in [0.25, 0.3) is 5.56 Å². The number of H-pyrrole nitrogens is 1. The van der Waals surface area contributed by atoms with E-state index in [1.54, 1.807) is 18.4 Å². The van der Waals surface area contributed by atoms with Crippen LogP contribution in [0.15, 0.2) is 45.8 Å². The molecule has 3 aromatic rings. The highest BCUT2D eigenvalue weighted by Gasteiger charge is 2.22. The van der Waals surface area contributed by atoms with Crippen LogP contribution in [0.25, 0.3) is 11.6 Å². The number of hydrogen-bond acceptors (Lipinski definition) is 5. The number of aromatic amines is 1. The van der Waals surface area contributed by atoms with E-state index in [1.165, 1.54) is 0 Å². The molecule has 0 fully saturated rings. The zero-order valence-corrected chi connectivity index (χ0v) is 14.0. The molecule has 0 atom stereocenters. The summed E-state index contributed by atoms with van der Waals surface area (Å²) in [5.74, 6) is 1.34. The predicted octanol–water partition coefficient (Wildman–Crippen LogP) is 2.60. The summed E-state index contributed by atoms with van der Waals surface area (Å²) in [6, 6.07) is 9.30. The third-order valence-electron chi connectivity index (χ3n) is 4.62. The lowest BCUT2D eigenvalue weighted by Crippen LogP contribution is -2.35. The number of rotatable bonds is 3. The van der Waals surface area contributed by atoms with Crippen molar-refractivity contribution in [3.8, 4) is 17.3 Å². The third kappa shape index (κ3) is 2.96. The summed E-state index contributed by atoms with van der Waals surface area (Å²) in [5.41, 5.74) is 3.16. The van der Waals surface area contributed by atoms with E-state index < -0.39 is 0 Å². The first-order valence-electron chi connectivity index (χ1n) is 8.27. The van der Waals surface area contributed by atoms with Crippen LogP contribution in [0.3, 0.4) is 0 Å². The first-order chi connectivity index (χ1) is 12.1. The van der Waals surface area contributed by atoms with Gasteiger partial charge in [0.15, 0.2) is 11.6 Å². The van der Waals surface area contributed by atoms with Crippen LogP contribution < -0.4 is 5.56 Å². The van der Waals surface area contributed by atoms with Gasteiger partial charge in [-0.05, 0) is 31.0 Å². The molecule has 0 saturated carbocycles.